The van der Waals surface area contributed by atoms with Crippen LogP contribution in [0.3, 0.4) is 0 Å². The van der Waals surface area contributed by atoms with Crippen LogP contribution in [-0.4, -0.2) is 22.4 Å². The number of benzene rings is 1. The van der Waals surface area contributed by atoms with Crippen LogP contribution < -0.4 is 10.6 Å². The van der Waals surface area contributed by atoms with Gasteiger partial charge in [0.25, 0.3) is 5.91 Å². The first-order valence-electron chi connectivity index (χ1n) is 7.41. The van der Waals surface area contributed by atoms with Crippen molar-refractivity contribution < 1.29 is 18.0 Å². The summed E-state index contributed by atoms with van der Waals surface area (Å²) in [5.74, 6) is 0.0823. The first kappa shape index (κ1) is 19.0. The van der Waals surface area contributed by atoms with E-state index in [0.717, 1.165) is 12.1 Å². The molecule has 25 heavy (non-hydrogen) atoms. The summed E-state index contributed by atoms with van der Waals surface area (Å²) in [6, 6.07) is 3.11. The van der Waals surface area contributed by atoms with Crippen molar-refractivity contribution in [3.05, 3.63) is 46.9 Å². The molecule has 134 valence electrons. The SMILES string of the molecule is CC(C)CNc1cnc(C(=O)Nc2ccc(Cl)cc2C(F)(F)F)cn1. The Morgan fingerprint density at radius 2 is 1.96 bits per heavy atom. The average molecular weight is 373 g/mol. The Morgan fingerprint density at radius 1 is 1.24 bits per heavy atom. The van der Waals surface area contributed by atoms with E-state index in [1.165, 1.54) is 18.5 Å². The van der Waals surface area contributed by atoms with Crippen molar-refractivity contribution in [2.75, 3.05) is 17.2 Å². The summed E-state index contributed by atoms with van der Waals surface area (Å²) in [5, 5.41) is 5.14. The predicted molar refractivity (Wildman–Crippen MR) is 89.8 cm³/mol. The zero-order chi connectivity index (χ0) is 18.6. The molecule has 0 aliphatic carbocycles. The first-order chi connectivity index (χ1) is 11.7. The number of alkyl halides is 3. The lowest BCUT2D eigenvalue weighted by atomic mass is 10.1. The Labute approximate surface area is 147 Å². The average Bonchev–Trinajstić information content (AvgIpc) is 2.54. The summed E-state index contributed by atoms with van der Waals surface area (Å²) in [4.78, 5) is 20.1. The number of hydrogen-bond acceptors (Lipinski definition) is 4. The van der Waals surface area contributed by atoms with E-state index in [9.17, 15) is 18.0 Å². The molecule has 2 aromatic rings. The third-order valence-corrected chi connectivity index (χ3v) is 3.35. The summed E-state index contributed by atoms with van der Waals surface area (Å²) < 4.78 is 39.1. The number of halogens is 4. The fraction of sp³-hybridized carbons (Fsp3) is 0.312. The van der Waals surface area contributed by atoms with Crippen LogP contribution in [0.2, 0.25) is 5.02 Å². The van der Waals surface area contributed by atoms with Crippen molar-refractivity contribution >= 4 is 29.0 Å². The largest absolute Gasteiger partial charge is 0.418 e. The van der Waals surface area contributed by atoms with Gasteiger partial charge in [-0.25, -0.2) is 9.97 Å². The lowest BCUT2D eigenvalue weighted by Crippen LogP contribution is -2.18. The van der Waals surface area contributed by atoms with E-state index in [0.29, 0.717) is 18.3 Å². The molecule has 0 spiro atoms. The highest BCUT2D eigenvalue weighted by Crippen LogP contribution is 2.36. The topological polar surface area (TPSA) is 66.9 Å². The van der Waals surface area contributed by atoms with Gasteiger partial charge >= 0.3 is 6.18 Å². The molecule has 0 bridgehead atoms. The molecule has 5 nitrogen and oxygen atoms in total. The van der Waals surface area contributed by atoms with E-state index >= 15 is 0 Å². The number of carbonyl (C=O) groups excluding carboxylic acids is 1. The fourth-order valence-electron chi connectivity index (χ4n) is 1.89. The monoisotopic (exact) mass is 372 g/mol. The number of anilines is 2. The van der Waals surface area contributed by atoms with Crippen LogP contribution in [0.15, 0.2) is 30.6 Å². The minimum atomic E-state index is -4.65. The zero-order valence-electron chi connectivity index (χ0n) is 13.5. The number of amides is 1. The Hall–Kier alpha value is -2.35. The van der Waals surface area contributed by atoms with Crippen molar-refractivity contribution in [1.82, 2.24) is 9.97 Å². The molecule has 0 aliphatic heterocycles. The van der Waals surface area contributed by atoms with Gasteiger partial charge in [-0.2, -0.15) is 13.2 Å². The second-order valence-corrected chi connectivity index (χ2v) is 6.14. The summed E-state index contributed by atoms with van der Waals surface area (Å²) in [6.07, 6.45) is -2.10. The summed E-state index contributed by atoms with van der Waals surface area (Å²) in [7, 11) is 0. The lowest BCUT2D eigenvalue weighted by Gasteiger charge is -2.14. The quantitative estimate of drug-likeness (QED) is 0.812. The molecule has 1 aromatic carbocycles. The summed E-state index contributed by atoms with van der Waals surface area (Å²) in [6.45, 7) is 4.72. The molecule has 2 rings (SSSR count). The van der Waals surface area contributed by atoms with Crippen LogP contribution in [0.1, 0.15) is 29.9 Å². The zero-order valence-corrected chi connectivity index (χ0v) is 14.2. The predicted octanol–water partition coefficient (Wildman–Crippen LogP) is 4.47. The normalized spacial score (nSPS) is 11.5. The van der Waals surface area contributed by atoms with Gasteiger partial charge in [-0.15, -0.1) is 0 Å². The minimum absolute atomic E-state index is 0.0781. The molecule has 0 fully saturated rings. The van der Waals surface area contributed by atoms with Crippen molar-refractivity contribution in [3.8, 4) is 0 Å². The van der Waals surface area contributed by atoms with Gasteiger partial charge in [-0.1, -0.05) is 25.4 Å². The highest BCUT2D eigenvalue weighted by atomic mass is 35.5. The minimum Gasteiger partial charge on any atom is -0.369 e. The van der Waals surface area contributed by atoms with Gasteiger partial charge in [0.15, 0.2) is 0 Å². The number of rotatable bonds is 5. The summed E-state index contributed by atoms with van der Waals surface area (Å²) >= 11 is 5.60. The molecule has 0 saturated heterocycles. The van der Waals surface area contributed by atoms with Crippen molar-refractivity contribution in [2.45, 2.75) is 20.0 Å². The molecule has 0 aliphatic rings. The van der Waals surface area contributed by atoms with Gasteiger partial charge in [0.05, 0.1) is 23.6 Å². The number of carbonyl (C=O) groups is 1. The maximum atomic E-state index is 13.0. The molecule has 0 unspecified atom stereocenters. The van der Waals surface area contributed by atoms with E-state index in [4.69, 9.17) is 11.6 Å². The van der Waals surface area contributed by atoms with E-state index < -0.39 is 23.3 Å². The molecular formula is C16H16ClF3N4O. The molecule has 1 amide bonds. The van der Waals surface area contributed by atoms with Crippen molar-refractivity contribution in [1.29, 1.82) is 0 Å². The third kappa shape index (κ3) is 5.32. The van der Waals surface area contributed by atoms with Crippen LogP contribution in [-0.2, 0) is 6.18 Å². The van der Waals surface area contributed by atoms with Gasteiger partial charge in [0.1, 0.15) is 11.5 Å². The Morgan fingerprint density at radius 3 is 2.52 bits per heavy atom. The highest BCUT2D eigenvalue weighted by molar-refractivity contribution is 6.30. The molecular weight excluding hydrogens is 357 g/mol. The second-order valence-electron chi connectivity index (χ2n) is 5.70. The van der Waals surface area contributed by atoms with Crippen LogP contribution in [0.4, 0.5) is 24.7 Å². The molecule has 1 aromatic heterocycles. The van der Waals surface area contributed by atoms with Gasteiger partial charge in [0, 0.05) is 11.6 Å². The number of nitrogens with zero attached hydrogens (tertiary/aromatic N) is 2. The highest BCUT2D eigenvalue weighted by Gasteiger charge is 2.34. The van der Waals surface area contributed by atoms with Crippen LogP contribution in [0, 0.1) is 5.92 Å². The number of nitrogens with one attached hydrogen (secondary N) is 2. The number of aromatic nitrogens is 2. The molecule has 0 saturated carbocycles. The molecule has 2 N–H and O–H groups in total. The van der Waals surface area contributed by atoms with Crippen LogP contribution >= 0.6 is 11.6 Å². The molecule has 1 heterocycles. The van der Waals surface area contributed by atoms with Crippen molar-refractivity contribution in [3.63, 3.8) is 0 Å². The van der Waals surface area contributed by atoms with Gasteiger partial charge in [-0.3, -0.25) is 4.79 Å². The van der Waals surface area contributed by atoms with E-state index in [1.807, 2.05) is 13.8 Å². The molecule has 0 radical (unpaired) electrons. The van der Waals surface area contributed by atoms with Gasteiger partial charge in [0.2, 0.25) is 0 Å². The molecule has 0 atom stereocenters. The lowest BCUT2D eigenvalue weighted by molar-refractivity contribution is -0.136. The van der Waals surface area contributed by atoms with E-state index in [1.54, 1.807) is 0 Å². The van der Waals surface area contributed by atoms with Crippen LogP contribution in [0.5, 0.6) is 0 Å². The third-order valence-electron chi connectivity index (χ3n) is 3.11. The van der Waals surface area contributed by atoms with E-state index in [2.05, 4.69) is 20.6 Å². The fourth-order valence-corrected chi connectivity index (χ4v) is 2.06. The molecule has 9 heteroatoms. The second kappa shape index (κ2) is 7.69. The first-order valence-corrected chi connectivity index (χ1v) is 7.78. The summed E-state index contributed by atoms with van der Waals surface area (Å²) in [5.41, 5.74) is -1.53. The smallest absolute Gasteiger partial charge is 0.369 e. The Bertz CT molecular complexity index is 748. The maximum absolute atomic E-state index is 13.0. The Kier molecular flexibility index (Phi) is 5.84. The number of hydrogen-bond donors (Lipinski definition) is 2. The van der Waals surface area contributed by atoms with Gasteiger partial charge in [-0.05, 0) is 24.1 Å². The maximum Gasteiger partial charge on any atom is 0.418 e. The van der Waals surface area contributed by atoms with Gasteiger partial charge < -0.3 is 10.6 Å². The van der Waals surface area contributed by atoms with Crippen molar-refractivity contribution in [2.24, 2.45) is 5.92 Å². The standard InChI is InChI=1S/C16H16ClF3N4O/c1-9(2)6-22-14-8-21-13(7-23-14)15(25)24-12-4-3-10(17)5-11(12)16(18,19)20/h3-5,7-9H,6H2,1-2H3,(H,22,23)(H,24,25). The van der Waals surface area contributed by atoms with E-state index in [-0.39, 0.29) is 10.7 Å². The Balaban J connectivity index is 2.15. The van der Waals surface area contributed by atoms with Crippen LogP contribution in [0.25, 0.3) is 0 Å².